The molecule has 0 atom stereocenters. The van der Waals surface area contributed by atoms with Gasteiger partial charge in [0, 0.05) is 5.88 Å². The molecule has 3 rings (SSSR count). The number of thiophene rings is 1. The largest absolute Gasteiger partial charge is 0.506 e. The van der Waals surface area contributed by atoms with Gasteiger partial charge in [0.25, 0.3) is 0 Å². The van der Waals surface area contributed by atoms with Gasteiger partial charge in [-0.1, -0.05) is 54.6 Å². The molecule has 1 heterocycles. The van der Waals surface area contributed by atoms with Gasteiger partial charge < -0.3 is 10.8 Å². The molecule has 0 aliphatic rings. The molecule has 3 N–H and O–H groups in total. The number of benzene rings is 2. The Hall–Kier alpha value is -1.97. The predicted octanol–water partition coefficient (Wildman–Crippen LogP) is 5.15. The molecule has 0 amide bonds. The highest BCUT2D eigenvalue weighted by molar-refractivity contribution is 7.20. The Morgan fingerprint density at radius 1 is 1.00 bits per heavy atom. The first-order valence-corrected chi connectivity index (χ1v) is 8.37. The van der Waals surface area contributed by atoms with Crippen LogP contribution < -0.4 is 5.73 Å². The summed E-state index contributed by atoms with van der Waals surface area (Å²) in [6.07, 6.45) is 0.797. The van der Waals surface area contributed by atoms with Gasteiger partial charge in [0.05, 0.1) is 15.4 Å². The van der Waals surface area contributed by atoms with E-state index in [0.717, 1.165) is 28.0 Å². The number of nitrogen functional groups attached to an aromatic ring is 1. The molecule has 0 spiro atoms. The molecule has 0 unspecified atom stereocenters. The van der Waals surface area contributed by atoms with E-state index in [9.17, 15) is 5.11 Å². The smallest absolute Gasteiger partial charge is 0.144 e. The van der Waals surface area contributed by atoms with Crippen LogP contribution in [0.15, 0.2) is 54.6 Å². The van der Waals surface area contributed by atoms with Crippen molar-refractivity contribution < 1.29 is 5.11 Å². The fourth-order valence-electron chi connectivity index (χ4n) is 2.50. The van der Waals surface area contributed by atoms with Gasteiger partial charge >= 0.3 is 0 Å². The fraction of sp³-hybridized carbons (Fsp3) is 0.111. The minimum Gasteiger partial charge on any atom is -0.506 e. The van der Waals surface area contributed by atoms with Crippen LogP contribution in [0.3, 0.4) is 0 Å². The van der Waals surface area contributed by atoms with Gasteiger partial charge in [-0.25, -0.2) is 0 Å². The summed E-state index contributed by atoms with van der Waals surface area (Å²) in [4.78, 5) is 0.802. The van der Waals surface area contributed by atoms with Gasteiger partial charge in [0.15, 0.2) is 0 Å². The molecule has 2 aromatic carbocycles. The number of alkyl halides is 1. The van der Waals surface area contributed by atoms with E-state index in [1.165, 1.54) is 11.3 Å². The standard InChI is InChI=1S/C18H16ClNOS/c19-10-9-12-5-4-8-14(11-12)15-16(21)17(22-18(15)20)13-6-2-1-3-7-13/h1-8,11,21H,9-10,20H2. The zero-order valence-electron chi connectivity index (χ0n) is 11.9. The number of aromatic hydroxyl groups is 1. The van der Waals surface area contributed by atoms with Crippen molar-refractivity contribution in [3.05, 3.63) is 60.2 Å². The maximum atomic E-state index is 10.6. The molecule has 0 bridgehead atoms. The Kier molecular flexibility index (Phi) is 4.36. The zero-order chi connectivity index (χ0) is 15.5. The summed E-state index contributed by atoms with van der Waals surface area (Å²) in [6, 6.07) is 17.8. The zero-order valence-corrected chi connectivity index (χ0v) is 13.5. The van der Waals surface area contributed by atoms with Crippen molar-refractivity contribution in [2.24, 2.45) is 0 Å². The summed E-state index contributed by atoms with van der Waals surface area (Å²) in [7, 11) is 0. The van der Waals surface area contributed by atoms with Crippen LogP contribution in [0.25, 0.3) is 21.6 Å². The molecular formula is C18H16ClNOS. The molecule has 0 fully saturated rings. The van der Waals surface area contributed by atoms with Crippen LogP contribution in [0.2, 0.25) is 0 Å². The average molecular weight is 330 g/mol. The summed E-state index contributed by atoms with van der Waals surface area (Å²) in [6.45, 7) is 0. The second-order valence-corrected chi connectivity index (χ2v) is 6.45. The van der Waals surface area contributed by atoms with E-state index in [2.05, 4.69) is 0 Å². The number of anilines is 1. The second-order valence-electron chi connectivity index (χ2n) is 5.02. The highest BCUT2D eigenvalue weighted by Crippen LogP contribution is 2.48. The van der Waals surface area contributed by atoms with Gasteiger partial charge in [-0.3, -0.25) is 0 Å². The third kappa shape index (κ3) is 2.82. The van der Waals surface area contributed by atoms with E-state index in [1.807, 2.05) is 54.6 Å². The van der Waals surface area contributed by atoms with Crippen molar-refractivity contribution in [2.75, 3.05) is 11.6 Å². The fourth-order valence-corrected chi connectivity index (χ4v) is 3.70. The highest BCUT2D eigenvalue weighted by atomic mass is 35.5. The van der Waals surface area contributed by atoms with Crippen LogP contribution in [0.1, 0.15) is 5.56 Å². The van der Waals surface area contributed by atoms with Crippen molar-refractivity contribution >= 4 is 27.9 Å². The summed E-state index contributed by atoms with van der Waals surface area (Å²) >= 11 is 7.22. The quantitative estimate of drug-likeness (QED) is 0.650. The molecule has 22 heavy (non-hydrogen) atoms. The van der Waals surface area contributed by atoms with Crippen molar-refractivity contribution in [3.8, 4) is 27.3 Å². The van der Waals surface area contributed by atoms with E-state index in [0.29, 0.717) is 16.4 Å². The first-order valence-electron chi connectivity index (χ1n) is 7.02. The number of hydrogen-bond donors (Lipinski definition) is 2. The lowest BCUT2D eigenvalue weighted by molar-refractivity contribution is 0.481. The van der Waals surface area contributed by atoms with Gasteiger partial charge in [-0.15, -0.1) is 22.9 Å². The second kappa shape index (κ2) is 6.42. The number of rotatable bonds is 4. The first-order chi connectivity index (χ1) is 10.7. The van der Waals surface area contributed by atoms with E-state index in [-0.39, 0.29) is 5.75 Å². The monoisotopic (exact) mass is 329 g/mol. The van der Waals surface area contributed by atoms with E-state index < -0.39 is 0 Å². The Morgan fingerprint density at radius 2 is 1.73 bits per heavy atom. The third-order valence-corrected chi connectivity index (χ3v) is 4.79. The lowest BCUT2D eigenvalue weighted by Gasteiger charge is -2.05. The Balaban J connectivity index is 2.09. The number of aryl methyl sites for hydroxylation is 1. The number of nitrogens with two attached hydrogens (primary N) is 1. The Bertz CT molecular complexity index is 783. The summed E-state index contributed by atoms with van der Waals surface area (Å²) in [5.74, 6) is 0.820. The lowest BCUT2D eigenvalue weighted by Crippen LogP contribution is -1.88. The van der Waals surface area contributed by atoms with Gasteiger partial charge in [0.2, 0.25) is 0 Å². The minimum absolute atomic E-state index is 0.247. The van der Waals surface area contributed by atoms with Crippen LogP contribution >= 0.6 is 22.9 Å². The van der Waals surface area contributed by atoms with Crippen molar-refractivity contribution in [3.63, 3.8) is 0 Å². The maximum Gasteiger partial charge on any atom is 0.144 e. The molecule has 4 heteroatoms. The normalized spacial score (nSPS) is 10.8. The van der Waals surface area contributed by atoms with Crippen LogP contribution in [-0.2, 0) is 6.42 Å². The third-order valence-electron chi connectivity index (χ3n) is 3.55. The molecule has 0 saturated carbocycles. The predicted molar refractivity (Wildman–Crippen MR) is 95.7 cm³/mol. The summed E-state index contributed by atoms with van der Waals surface area (Å²) in [5, 5.41) is 11.3. The molecule has 0 aliphatic carbocycles. The molecule has 0 radical (unpaired) electrons. The Morgan fingerprint density at radius 3 is 2.45 bits per heavy atom. The molecule has 3 aromatic rings. The number of halogens is 1. The highest BCUT2D eigenvalue weighted by Gasteiger charge is 2.18. The van der Waals surface area contributed by atoms with Gasteiger partial charge in [0.1, 0.15) is 5.75 Å². The van der Waals surface area contributed by atoms with E-state index in [4.69, 9.17) is 17.3 Å². The van der Waals surface area contributed by atoms with E-state index >= 15 is 0 Å². The van der Waals surface area contributed by atoms with Crippen LogP contribution in [0.5, 0.6) is 5.75 Å². The van der Waals surface area contributed by atoms with Crippen molar-refractivity contribution in [1.29, 1.82) is 0 Å². The Labute approximate surface area is 138 Å². The molecule has 2 nitrogen and oxygen atoms in total. The van der Waals surface area contributed by atoms with Crippen LogP contribution in [0, 0.1) is 0 Å². The molecule has 0 saturated heterocycles. The summed E-state index contributed by atoms with van der Waals surface area (Å²) < 4.78 is 0. The van der Waals surface area contributed by atoms with Crippen LogP contribution in [0.4, 0.5) is 5.00 Å². The molecular weight excluding hydrogens is 314 g/mol. The van der Waals surface area contributed by atoms with Gasteiger partial charge in [-0.2, -0.15) is 0 Å². The summed E-state index contributed by atoms with van der Waals surface area (Å²) in [5.41, 5.74) is 9.91. The molecule has 1 aromatic heterocycles. The first kappa shape index (κ1) is 14.9. The molecule has 112 valence electrons. The maximum absolute atomic E-state index is 10.6. The van der Waals surface area contributed by atoms with Crippen LogP contribution in [-0.4, -0.2) is 11.0 Å². The number of hydrogen-bond acceptors (Lipinski definition) is 3. The minimum atomic E-state index is 0.247. The van der Waals surface area contributed by atoms with Crippen molar-refractivity contribution in [2.45, 2.75) is 6.42 Å². The van der Waals surface area contributed by atoms with Crippen molar-refractivity contribution in [1.82, 2.24) is 0 Å². The molecule has 0 aliphatic heterocycles. The topological polar surface area (TPSA) is 46.2 Å². The lowest BCUT2D eigenvalue weighted by atomic mass is 10.0. The average Bonchev–Trinajstić information content (AvgIpc) is 2.84. The SMILES string of the molecule is Nc1sc(-c2ccccc2)c(O)c1-c1cccc(CCCl)c1. The van der Waals surface area contributed by atoms with Gasteiger partial charge in [-0.05, 0) is 23.1 Å². The van der Waals surface area contributed by atoms with E-state index in [1.54, 1.807) is 0 Å².